The van der Waals surface area contributed by atoms with Crippen LogP contribution in [0.5, 0.6) is 0 Å². The molecule has 2 atom stereocenters. The van der Waals surface area contributed by atoms with E-state index >= 15 is 0 Å². The van der Waals surface area contributed by atoms with Gasteiger partial charge in [0.15, 0.2) is 0 Å². The Morgan fingerprint density at radius 1 is 1.29 bits per heavy atom. The molecule has 1 aliphatic rings. The molecule has 2 unspecified atom stereocenters. The smallest absolute Gasteiger partial charge is 0.319 e. The Morgan fingerprint density at radius 3 is 2.67 bits per heavy atom. The second-order valence-corrected chi connectivity index (χ2v) is 5.22. The number of aliphatic carboxylic acids is 1. The molecule has 0 aliphatic heterocycles. The Hall–Kier alpha value is -2.50. The Balaban J connectivity index is 1.89. The van der Waals surface area contributed by atoms with E-state index in [1.165, 1.54) is 0 Å². The van der Waals surface area contributed by atoms with Crippen LogP contribution < -0.4 is 15.5 Å². The van der Waals surface area contributed by atoms with E-state index in [-0.39, 0.29) is 12.1 Å². The SMILES string of the molecule is CN(C)c1cccc(NC(=O)NC2C=CC(C(=O)O)C2)c1. The van der Waals surface area contributed by atoms with Crippen molar-refractivity contribution in [3.8, 4) is 0 Å². The van der Waals surface area contributed by atoms with Crippen molar-refractivity contribution in [3.63, 3.8) is 0 Å². The predicted octanol–water partition coefficient (Wildman–Crippen LogP) is 1.90. The number of carbonyl (C=O) groups excluding carboxylic acids is 1. The maximum Gasteiger partial charge on any atom is 0.319 e. The fourth-order valence-electron chi connectivity index (χ4n) is 2.19. The molecule has 3 N–H and O–H groups in total. The second kappa shape index (κ2) is 6.30. The van der Waals surface area contributed by atoms with E-state index in [2.05, 4.69) is 10.6 Å². The fraction of sp³-hybridized carbons (Fsp3) is 0.333. The van der Waals surface area contributed by atoms with Gasteiger partial charge in [-0.15, -0.1) is 0 Å². The highest BCUT2D eigenvalue weighted by Crippen LogP contribution is 2.19. The molecule has 6 nitrogen and oxygen atoms in total. The minimum Gasteiger partial charge on any atom is -0.481 e. The summed E-state index contributed by atoms with van der Waals surface area (Å²) in [5.41, 5.74) is 1.68. The third-order valence-electron chi connectivity index (χ3n) is 3.34. The molecule has 2 amide bonds. The lowest BCUT2D eigenvalue weighted by Gasteiger charge is -2.16. The Morgan fingerprint density at radius 2 is 2.05 bits per heavy atom. The van der Waals surface area contributed by atoms with Crippen molar-refractivity contribution in [1.82, 2.24) is 5.32 Å². The minimum absolute atomic E-state index is 0.247. The molecule has 0 spiro atoms. The van der Waals surface area contributed by atoms with E-state index in [1.807, 2.05) is 37.2 Å². The molecular formula is C15H19N3O3. The maximum absolute atomic E-state index is 11.9. The van der Waals surface area contributed by atoms with Gasteiger partial charge in [0.05, 0.1) is 12.0 Å². The highest BCUT2D eigenvalue weighted by molar-refractivity contribution is 5.90. The van der Waals surface area contributed by atoms with Gasteiger partial charge in [-0.3, -0.25) is 4.79 Å². The van der Waals surface area contributed by atoms with Crippen LogP contribution in [-0.4, -0.2) is 37.2 Å². The van der Waals surface area contributed by atoms with Gasteiger partial charge < -0.3 is 20.6 Å². The van der Waals surface area contributed by atoms with Gasteiger partial charge in [-0.1, -0.05) is 18.2 Å². The largest absolute Gasteiger partial charge is 0.481 e. The van der Waals surface area contributed by atoms with E-state index < -0.39 is 11.9 Å². The van der Waals surface area contributed by atoms with Gasteiger partial charge in [0.2, 0.25) is 0 Å². The predicted molar refractivity (Wildman–Crippen MR) is 81.6 cm³/mol. The number of urea groups is 1. The summed E-state index contributed by atoms with van der Waals surface area (Å²) >= 11 is 0. The van der Waals surface area contributed by atoms with Crippen molar-refractivity contribution in [2.75, 3.05) is 24.3 Å². The molecule has 0 bridgehead atoms. The highest BCUT2D eigenvalue weighted by Gasteiger charge is 2.25. The monoisotopic (exact) mass is 289 g/mol. The van der Waals surface area contributed by atoms with Crippen LogP contribution >= 0.6 is 0 Å². The summed E-state index contributed by atoms with van der Waals surface area (Å²) in [6.45, 7) is 0. The number of carbonyl (C=O) groups is 2. The Labute approximate surface area is 123 Å². The number of carboxylic acids is 1. The molecule has 1 aliphatic carbocycles. The number of hydrogen-bond acceptors (Lipinski definition) is 3. The molecule has 21 heavy (non-hydrogen) atoms. The molecule has 0 aromatic heterocycles. The molecule has 2 rings (SSSR count). The van der Waals surface area contributed by atoms with Crippen LogP contribution in [-0.2, 0) is 4.79 Å². The Kier molecular flexibility index (Phi) is 4.47. The number of benzene rings is 1. The lowest BCUT2D eigenvalue weighted by atomic mass is 10.1. The number of rotatable bonds is 4. The summed E-state index contributed by atoms with van der Waals surface area (Å²) < 4.78 is 0. The van der Waals surface area contributed by atoms with Crippen LogP contribution in [0.4, 0.5) is 16.2 Å². The van der Waals surface area contributed by atoms with Crippen LogP contribution in [0.2, 0.25) is 0 Å². The van der Waals surface area contributed by atoms with Gasteiger partial charge in [0.25, 0.3) is 0 Å². The van der Waals surface area contributed by atoms with Crippen molar-refractivity contribution < 1.29 is 14.7 Å². The van der Waals surface area contributed by atoms with Crippen molar-refractivity contribution in [3.05, 3.63) is 36.4 Å². The maximum atomic E-state index is 11.9. The second-order valence-electron chi connectivity index (χ2n) is 5.22. The molecule has 112 valence electrons. The minimum atomic E-state index is -0.866. The molecule has 0 fully saturated rings. The number of nitrogens with one attached hydrogen (secondary N) is 2. The third kappa shape index (κ3) is 3.98. The number of nitrogens with zero attached hydrogens (tertiary/aromatic N) is 1. The standard InChI is InChI=1S/C15H19N3O3/c1-18(2)13-5-3-4-11(9-13)16-15(21)17-12-7-6-10(8-12)14(19)20/h3-7,9-10,12H,8H2,1-2H3,(H,19,20)(H2,16,17,21). The van der Waals surface area contributed by atoms with Crippen LogP contribution in [0.15, 0.2) is 36.4 Å². The average Bonchev–Trinajstić information content (AvgIpc) is 2.87. The van der Waals surface area contributed by atoms with Crippen LogP contribution in [0.25, 0.3) is 0 Å². The van der Waals surface area contributed by atoms with Gasteiger partial charge in [0, 0.05) is 25.5 Å². The zero-order chi connectivity index (χ0) is 15.4. The molecule has 1 aromatic carbocycles. The van der Waals surface area contributed by atoms with Gasteiger partial charge >= 0.3 is 12.0 Å². The molecule has 0 saturated heterocycles. The first-order valence-corrected chi connectivity index (χ1v) is 6.72. The van der Waals surface area contributed by atoms with Gasteiger partial charge in [-0.05, 0) is 24.6 Å². The first-order chi connectivity index (χ1) is 9.95. The van der Waals surface area contributed by atoms with Gasteiger partial charge in [0.1, 0.15) is 0 Å². The third-order valence-corrected chi connectivity index (χ3v) is 3.34. The van der Waals surface area contributed by atoms with E-state index in [0.717, 1.165) is 5.69 Å². The molecule has 1 aromatic rings. The quantitative estimate of drug-likeness (QED) is 0.739. The zero-order valence-corrected chi connectivity index (χ0v) is 12.0. The summed E-state index contributed by atoms with van der Waals surface area (Å²) in [6, 6.07) is 6.89. The topological polar surface area (TPSA) is 81.7 Å². The summed E-state index contributed by atoms with van der Waals surface area (Å²) in [4.78, 5) is 24.7. The van der Waals surface area contributed by atoms with Crippen LogP contribution in [0.3, 0.4) is 0 Å². The van der Waals surface area contributed by atoms with Crippen LogP contribution in [0.1, 0.15) is 6.42 Å². The average molecular weight is 289 g/mol. The molecule has 6 heteroatoms. The van der Waals surface area contributed by atoms with E-state index in [1.54, 1.807) is 18.2 Å². The van der Waals surface area contributed by atoms with Gasteiger partial charge in [-0.2, -0.15) is 0 Å². The van der Waals surface area contributed by atoms with Crippen molar-refractivity contribution in [2.24, 2.45) is 5.92 Å². The van der Waals surface area contributed by atoms with Gasteiger partial charge in [-0.25, -0.2) is 4.79 Å². The van der Waals surface area contributed by atoms with E-state index in [4.69, 9.17) is 5.11 Å². The lowest BCUT2D eigenvalue weighted by Crippen LogP contribution is -2.36. The molecule has 0 heterocycles. The molecule has 0 radical (unpaired) electrons. The van der Waals surface area contributed by atoms with Crippen molar-refractivity contribution >= 4 is 23.4 Å². The number of anilines is 2. The van der Waals surface area contributed by atoms with Crippen LogP contribution in [0, 0.1) is 5.92 Å². The first-order valence-electron chi connectivity index (χ1n) is 6.72. The normalized spacial score (nSPS) is 20.1. The fourth-order valence-corrected chi connectivity index (χ4v) is 2.19. The molecule has 0 saturated carbocycles. The summed E-state index contributed by atoms with van der Waals surface area (Å²) in [5, 5.41) is 14.4. The Bertz CT molecular complexity index is 569. The lowest BCUT2D eigenvalue weighted by molar-refractivity contribution is -0.140. The number of amides is 2. The summed E-state index contributed by atoms with van der Waals surface area (Å²) in [5.74, 6) is -1.39. The molecular weight excluding hydrogens is 270 g/mol. The van der Waals surface area contributed by atoms with Crippen molar-refractivity contribution in [2.45, 2.75) is 12.5 Å². The number of hydrogen-bond donors (Lipinski definition) is 3. The van der Waals surface area contributed by atoms with E-state index in [0.29, 0.717) is 12.1 Å². The summed E-state index contributed by atoms with van der Waals surface area (Å²) in [7, 11) is 3.85. The highest BCUT2D eigenvalue weighted by atomic mass is 16.4. The van der Waals surface area contributed by atoms with E-state index in [9.17, 15) is 9.59 Å². The first kappa shape index (κ1) is 14.9. The zero-order valence-electron chi connectivity index (χ0n) is 12.0. The summed E-state index contributed by atoms with van der Waals surface area (Å²) in [6.07, 6.45) is 3.72. The van der Waals surface area contributed by atoms with Crippen molar-refractivity contribution in [1.29, 1.82) is 0 Å². The number of carboxylic acid groups (broad SMARTS) is 1.